The lowest BCUT2D eigenvalue weighted by molar-refractivity contribution is -0.110. The highest BCUT2D eigenvalue weighted by atomic mass is 16.4. The molecule has 0 radical (unpaired) electrons. The van der Waals surface area contributed by atoms with Crippen molar-refractivity contribution >= 4 is 23.0 Å². The Kier molecular flexibility index (Phi) is 4.75. The number of benzene rings is 1. The fraction of sp³-hybridized carbons (Fsp3) is 0.167. The van der Waals surface area contributed by atoms with Gasteiger partial charge in [-0.1, -0.05) is 17.3 Å². The Hall–Kier alpha value is -2.30. The van der Waals surface area contributed by atoms with Crippen molar-refractivity contribution in [1.82, 2.24) is 9.97 Å². The van der Waals surface area contributed by atoms with E-state index in [1.165, 1.54) is 6.92 Å². The van der Waals surface area contributed by atoms with Gasteiger partial charge in [-0.2, -0.15) is 0 Å². The summed E-state index contributed by atoms with van der Waals surface area (Å²) in [6, 6.07) is 7.86. The zero-order valence-corrected chi connectivity index (χ0v) is 9.66. The molecule has 17 heavy (non-hydrogen) atoms. The van der Waals surface area contributed by atoms with E-state index < -0.39 is 0 Å². The Bertz CT molecular complexity index is 538. The normalized spacial score (nSPS) is 10.0. The zero-order chi connectivity index (χ0) is 12.7. The number of rotatable bonds is 1. The lowest BCUT2D eigenvalue weighted by atomic mass is 10.3. The number of hydrogen-bond acceptors (Lipinski definition) is 5. The Morgan fingerprint density at radius 3 is 2.53 bits per heavy atom. The third-order valence-corrected chi connectivity index (χ3v) is 1.81. The van der Waals surface area contributed by atoms with E-state index in [9.17, 15) is 4.79 Å². The molecule has 1 heterocycles. The van der Waals surface area contributed by atoms with E-state index >= 15 is 0 Å². The number of ketones is 1. The number of nitrogens with zero attached hydrogens (tertiary/aromatic N) is 3. The van der Waals surface area contributed by atoms with Crippen LogP contribution in [0, 0.1) is 6.92 Å². The first-order valence-electron chi connectivity index (χ1n) is 5.00. The molecule has 0 fully saturated rings. The topological polar surface area (TPSA) is 75.4 Å². The van der Waals surface area contributed by atoms with Crippen molar-refractivity contribution in [2.45, 2.75) is 13.8 Å². The van der Waals surface area contributed by atoms with Crippen LogP contribution in [-0.2, 0) is 4.79 Å². The summed E-state index contributed by atoms with van der Waals surface area (Å²) in [5, 5.41) is 10.0. The molecular formula is C12H13N3O2. The Morgan fingerprint density at radius 2 is 2.00 bits per heavy atom. The number of fused-ring (bicyclic) bond motifs is 1. The molecule has 0 saturated heterocycles. The summed E-state index contributed by atoms with van der Waals surface area (Å²) in [7, 11) is 0. The molecule has 1 aromatic carbocycles. The molecule has 0 amide bonds. The second-order valence-electron chi connectivity index (χ2n) is 3.36. The van der Waals surface area contributed by atoms with Crippen LogP contribution >= 0.6 is 0 Å². The number of hydrogen-bond donors (Lipinski definition) is 1. The minimum atomic E-state index is -0.252. The Labute approximate surface area is 98.8 Å². The molecule has 5 heteroatoms. The van der Waals surface area contributed by atoms with Crippen LogP contribution in [-0.4, -0.2) is 27.2 Å². The van der Waals surface area contributed by atoms with E-state index in [2.05, 4.69) is 15.1 Å². The molecule has 2 aromatic rings. The van der Waals surface area contributed by atoms with Crippen LogP contribution in [0.4, 0.5) is 0 Å². The molecular weight excluding hydrogens is 218 g/mol. The first-order valence-corrected chi connectivity index (χ1v) is 5.00. The summed E-state index contributed by atoms with van der Waals surface area (Å²) in [5.41, 5.74) is 2.88. The molecule has 0 aliphatic carbocycles. The summed E-state index contributed by atoms with van der Waals surface area (Å²) in [6.45, 7) is 3.25. The van der Waals surface area contributed by atoms with Gasteiger partial charge in [0.25, 0.3) is 0 Å². The first kappa shape index (κ1) is 12.8. The maximum absolute atomic E-state index is 9.73. The molecule has 0 saturated carbocycles. The van der Waals surface area contributed by atoms with Gasteiger partial charge < -0.3 is 5.21 Å². The smallest absolute Gasteiger partial charge is 0.174 e. The number of para-hydroxylation sites is 2. The van der Waals surface area contributed by atoms with E-state index in [0.29, 0.717) is 0 Å². The van der Waals surface area contributed by atoms with Crippen LogP contribution in [0.25, 0.3) is 11.0 Å². The summed E-state index contributed by atoms with van der Waals surface area (Å²) >= 11 is 0. The van der Waals surface area contributed by atoms with Gasteiger partial charge >= 0.3 is 0 Å². The molecule has 0 spiro atoms. The number of oxime groups is 1. The number of Topliss-reactive ketones (excluding diaryl/α,β-unsaturated/α-hetero) is 1. The van der Waals surface area contributed by atoms with Crippen molar-refractivity contribution in [1.29, 1.82) is 0 Å². The van der Waals surface area contributed by atoms with Crippen LogP contribution in [0.5, 0.6) is 0 Å². The van der Waals surface area contributed by atoms with Crippen LogP contribution < -0.4 is 0 Å². The first-order chi connectivity index (χ1) is 8.13. The molecule has 0 aliphatic heterocycles. The predicted octanol–water partition coefficient (Wildman–Crippen LogP) is 1.97. The largest absolute Gasteiger partial charge is 0.411 e. The fourth-order valence-corrected chi connectivity index (χ4v) is 1.13. The Balaban J connectivity index is 0.000000209. The van der Waals surface area contributed by atoms with E-state index in [-0.39, 0.29) is 5.78 Å². The van der Waals surface area contributed by atoms with Crippen LogP contribution in [0.1, 0.15) is 12.6 Å². The van der Waals surface area contributed by atoms with Gasteiger partial charge in [0, 0.05) is 13.1 Å². The lowest BCUT2D eigenvalue weighted by Gasteiger charge is -1.95. The minimum absolute atomic E-state index is 0.252. The van der Waals surface area contributed by atoms with E-state index in [4.69, 9.17) is 5.21 Å². The van der Waals surface area contributed by atoms with Crippen LogP contribution in [0.15, 0.2) is 35.6 Å². The molecule has 0 aliphatic rings. The molecule has 1 aromatic heterocycles. The molecule has 0 atom stereocenters. The van der Waals surface area contributed by atoms with Crippen molar-refractivity contribution in [3.8, 4) is 0 Å². The van der Waals surface area contributed by atoms with Gasteiger partial charge in [-0.15, -0.1) is 0 Å². The van der Waals surface area contributed by atoms with Crippen molar-refractivity contribution in [2.75, 3.05) is 0 Å². The number of aryl methyl sites for hydroxylation is 1. The summed E-state index contributed by atoms with van der Waals surface area (Å²) in [6.07, 6.45) is 2.61. The number of carbonyl (C=O) groups is 1. The quantitative estimate of drug-likeness (QED) is 0.462. The third-order valence-electron chi connectivity index (χ3n) is 1.81. The molecule has 1 N–H and O–H groups in total. The van der Waals surface area contributed by atoms with Crippen molar-refractivity contribution in [3.05, 3.63) is 36.2 Å². The van der Waals surface area contributed by atoms with Crippen molar-refractivity contribution < 1.29 is 10.0 Å². The van der Waals surface area contributed by atoms with Gasteiger partial charge in [-0.3, -0.25) is 9.78 Å². The van der Waals surface area contributed by atoms with Crippen LogP contribution in [0.3, 0.4) is 0 Å². The standard InChI is InChI=1S/C9H8N2.C3H5NO2/c1-7-6-10-8-4-2-3-5-9(8)11-7;1-3(5)2-4-6/h2-6H,1H3;2,6H,1H3. The molecule has 5 nitrogen and oxygen atoms in total. The zero-order valence-electron chi connectivity index (χ0n) is 9.66. The summed E-state index contributed by atoms with van der Waals surface area (Å²) in [5.74, 6) is -0.252. The maximum Gasteiger partial charge on any atom is 0.174 e. The highest BCUT2D eigenvalue weighted by Gasteiger charge is 1.92. The van der Waals surface area contributed by atoms with E-state index in [1.807, 2.05) is 31.2 Å². The highest BCUT2D eigenvalue weighted by molar-refractivity contribution is 6.26. The minimum Gasteiger partial charge on any atom is -0.411 e. The second-order valence-corrected chi connectivity index (χ2v) is 3.36. The molecule has 2 rings (SSSR count). The van der Waals surface area contributed by atoms with Gasteiger partial charge in [-0.05, 0) is 19.1 Å². The average molecular weight is 231 g/mol. The summed E-state index contributed by atoms with van der Waals surface area (Å²) in [4.78, 5) is 18.3. The van der Waals surface area contributed by atoms with E-state index in [0.717, 1.165) is 22.9 Å². The highest BCUT2D eigenvalue weighted by Crippen LogP contribution is 2.06. The van der Waals surface area contributed by atoms with E-state index in [1.54, 1.807) is 6.20 Å². The van der Waals surface area contributed by atoms with Gasteiger partial charge in [0.1, 0.15) is 6.21 Å². The van der Waals surface area contributed by atoms with Crippen molar-refractivity contribution in [3.63, 3.8) is 0 Å². The third kappa shape index (κ3) is 4.38. The number of aromatic nitrogens is 2. The summed E-state index contributed by atoms with van der Waals surface area (Å²) < 4.78 is 0. The molecule has 0 bridgehead atoms. The second kappa shape index (κ2) is 6.32. The predicted molar refractivity (Wildman–Crippen MR) is 65.2 cm³/mol. The van der Waals surface area contributed by atoms with Gasteiger partial charge in [0.15, 0.2) is 5.78 Å². The average Bonchev–Trinajstić information content (AvgIpc) is 2.29. The van der Waals surface area contributed by atoms with Crippen molar-refractivity contribution in [2.24, 2.45) is 5.16 Å². The molecule has 88 valence electrons. The number of carbonyl (C=O) groups excluding carboxylic acids is 1. The van der Waals surface area contributed by atoms with Crippen LogP contribution in [0.2, 0.25) is 0 Å². The maximum atomic E-state index is 9.73. The monoisotopic (exact) mass is 231 g/mol. The van der Waals surface area contributed by atoms with Gasteiger partial charge in [0.2, 0.25) is 0 Å². The Morgan fingerprint density at radius 1 is 1.35 bits per heavy atom. The SMILES string of the molecule is CC(=O)C=NO.Cc1cnc2ccccc2n1. The lowest BCUT2D eigenvalue weighted by Crippen LogP contribution is -1.87. The molecule has 0 unspecified atom stereocenters. The van der Waals surface area contributed by atoms with Gasteiger partial charge in [0.05, 0.1) is 16.7 Å². The fourth-order valence-electron chi connectivity index (χ4n) is 1.13. The van der Waals surface area contributed by atoms with Gasteiger partial charge in [-0.25, -0.2) is 4.98 Å².